The summed E-state index contributed by atoms with van der Waals surface area (Å²) in [6.45, 7) is 0. The minimum Gasteiger partial charge on any atom is -0.494 e. The number of halogens is 1. The summed E-state index contributed by atoms with van der Waals surface area (Å²) in [6.07, 6.45) is 0. The molecule has 54 valence electrons. The van der Waals surface area contributed by atoms with Crippen LogP contribution in [-0.2, 0) is 0 Å². The van der Waals surface area contributed by atoms with Crippen molar-refractivity contribution >= 4 is 14.5 Å². The summed E-state index contributed by atoms with van der Waals surface area (Å²) in [5.74, 6) is -0.0406. The molecule has 0 aliphatic rings. The molecular weight excluding hydrogens is 150 g/mol. The lowest BCUT2D eigenvalue weighted by atomic mass is 10.3. The zero-order valence-electron chi connectivity index (χ0n) is 5.60. The van der Waals surface area contributed by atoms with Gasteiger partial charge in [-0.05, 0) is 17.4 Å². The Morgan fingerprint density at radius 2 is 2.20 bits per heavy atom. The first kappa shape index (κ1) is 7.49. The van der Waals surface area contributed by atoms with Gasteiger partial charge in [0.2, 0.25) is 0 Å². The van der Waals surface area contributed by atoms with E-state index in [2.05, 4.69) is 9.24 Å². The van der Waals surface area contributed by atoms with Crippen LogP contribution in [0.1, 0.15) is 0 Å². The molecular formula is C7H8FOP. The molecule has 0 spiro atoms. The summed E-state index contributed by atoms with van der Waals surface area (Å²) in [5.41, 5.74) is 0. The van der Waals surface area contributed by atoms with Crippen molar-refractivity contribution in [3.8, 4) is 5.75 Å². The van der Waals surface area contributed by atoms with Crippen LogP contribution in [0.5, 0.6) is 5.75 Å². The molecule has 1 nitrogen and oxygen atoms in total. The van der Waals surface area contributed by atoms with Crippen LogP contribution < -0.4 is 10.0 Å². The Morgan fingerprint density at radius 1 is 1.50 bits per heavy atom. The molecule has 0 aliphatic heterocycles. The van der Waals surface area contributed by atoms with Crippen molar-refractivity contribution in [1.29, 1.82) is 0 Å². The second-order valence-corrected chi connectivity index (χ2v) is 2.56. The third-order valence-electron chi connectivity index (χ3n) is 1.18. The van der Waals surface area contributed by atoms with E-state index in [9.17, 15) is 4.39 Å². The minimum absolute atomic E-state index is 0.284. The third-order valence-corrected chi connectivity index (χ3v) is 1.53. The first-order chi connectivity index (χ1) is 4.74. The normalized spacial score (nSPS) is 9.50. The second kappa shape index (κ2) is 2.98. The molecule has 0 N–H and O–H groups in total. The molecule has 1 aromatic rings. The molecule has 1 aromatic carbocycles. The van der Waals surface area contributed by atoms with E-state index in [1.54, 1.807) is 12.1 Å². The lowest BCUT2D eigenvalue weighted by Gasteiger charge is -2.00. The predicted molar refractivity (Wildman–Crippen MR) is 42.3 cm³/mol. The first-order valence-corrected chi connectivity index (χ1v) is 3.41. The SMILES string of the molecule is COc1ccc(P)cc1F. The quantitative estimate of drug-likeness (QED) is 0.560. The van der Waals surface area contributed by atoms with Gasteiger partial charge in [-0.1, -0.05) is 6.07 Å². The third kappa shape index (κ3) is 1.45. The van der Waals surface area contributed by atoms with Gasteiger partial charge < -0.3 is 4.74 Å². The maximum absolute atomic E-state index is 12.7. The highest BCUT2D eigenvalue weighted by Gasteiger charge is 1.99. The Labute approximate surface area is 61.4 Å². The smallest absolute Gasteiger partial charge is 0.165 e. The van der Waals surface area contributed by atoms with Crippen LogP contribution >= 0.6 is 9.24 Å². The number of ether oxygens (including phenoxy) is 1. The molecule has 1 rings (SSSR count). The van der Waals surface area contributed by atoms with Crippen LogP contribution in [0.15, 0.2) is 18.2 Å². The van der Waals surface area contributed by atoms with Crippen molar-refractivity contribution in [2.45, 2.75) is 0 Å². The van der Waals surface area contributed by atoms with Crippen LogP contribution in [0.2, 0.25) is 0 Å². The standard InChI is InChI=1S/C7H8FOP/c1-9-7-3-2-5(10)4-6(7)8/h2-4H,10H2,1H3. The molecule has 1 atom stereocenters. The van der Waals surface area contributed by atoms with E-state index in [-0.39, 0.29) is 11.6 Å². The molecule has 0 fully saturated rings. The van der Waals surface area contributed by atoms with E-state index in [1.807, 2.05) is 0 Å². The zero-order chi connectivity index (χ0) is 7.56. The Kier molecular flexibility index (Phi) is 2.23. The van der Waals surface area contributed by atoms with E-state index in [4.69, 9.17) is 4.74 Å². The number of methoxy groups -OCH3 is 1. The first-order valence-electron chi connectivity index (χ1n) is 2.83. The summed E-state index contributed by atoms with van der Waals surface area (Å²) in [5, 5.41) is 0.818. The van der Waals surface area contributed by atoms with E-state index in [1.165, 1.54) is 13.2 Å². The fourth-order valence-electron chi connectivity index (χ4n) is 0.683. The number of benzene rings is 1. The zero-order valence-corrected chi connectivity index (χ0v) is 6.75. The van der Waals surface area contributed by atoms with Gasteiger partial charge in [-0.25, -0.2) is 4.39 Å². The Bertz CT molecular complexity index is 237. The molecule has 10 heavy (non-hydrogen) atoms. The van der Waals surface area contributed by atoms with Crippen molar-refractivity contribution < 1.29 is 9.13 Å². The fourth-order valence-corrected chi connectivity index (χ4v) is 0.925. The van der Waals surface area contributed by atoms with Gasteiger partial charge in [0.15, 0.2) is 11.6 Å². The van der Waals surface area contributed by atoms with Gasteiger partial charge in [0.25, 0.3) is 0 Å². The summed E-state index contributed by atoms with van der Waals surface area (Å²) in [7, 11) is 3.86. The highest BCUT2D eigenvalue weighted by molar-refractivity contribution is 7.27. The molecule has 0 aromatic heterocycles. The summed E-state index contributed by atoms with van der Waals surface area (Å²) >= 11 is 0. The Hall–Kier alpha value is -0.620. The average molecular weight is 158 g/mol. The Morgan fingerprint density at radius 3 is 2.70 bits per heavy atom. The van der Waals surface area contributed by atoms with Crippen LogP contribution in [-0.4, -0.2) is 7.11 Å². The van der Waals surface area contributed by atoms with Gasteiger partial charge in [-0.15, -0.1) is 9.24 Å². The molecule has 0 amide bonds. The van der Waals surface area contributed by atoms with Crippen LogP contribution in [0.25, 0.3) is 0 Å². The van der Waals surface area contributed by atoms with Crippen molar-refractivity contribution in [3.05, 3.63) is 24.0 Å². The van der Waals surface area contributed by atoms with Crippen molar-refractivity contribution in [2.24, 2.45) is 0 Å². The highest BCUT2D eigenvalue weighted by atomic mass is 31.0. The van der Waals surface area contributed by atoms with Gasteiger partial charge in [-0.3, -0.25) is 0 Å². The van der Waals surface area contributed by atoms with Crippen molar-refractivity contribution in [3.63, 3.8) is 0 Å². The van der Waals surface area contributed by atoms with E-state index < -0.39 is 0 Å². The predicted octanol–water partition coefficient (Wildman–Crippen LogP) is 1.33. The van der Waals surface area contributed by atoms with E-state index in [0.29, 0.717) is 0 Å². The van der Waals surface area contributed by atoms with Crippen molar-refractivity contribution in [2.75, 3.05) is 7.11 Å². The lowest BCUT2D eigenvalue weighted by molar-refractivity contribution is 0.387. The molecule has 3 heteroatoms. The maximum Gasteiger partial charge on any atom is 0.165 e. The van der Waals surface area contributed by atoms with Gasteiger partial charge in [0.1, 0.15) is 0 Å². The van der Waals surface area contributed by atoms with Gasteiger partial charge >= 0.3 is 0 Å². The molecule has 1 unspecified atom stereocenters. The molecule has 0 radical (unpaired) electrons. The maximum atomic E-state index is 12.7. The van der Waals surface area contributed by atoms with Gasteiger partial charge in [0.05, 0.1) is 7.11 Å². The minimum atomic E-state index is -0.324. The highest BCUT2D eigenvalue weighted by Crippen LogP contribution is 2.13. The largest absolute Gasteiger partial charge is 0.494 e. The molecule has 0 saturated heterocycles. The average Bonchev–Trinajstić information content (AvgIpc) is 1.88. The van der Waals surface area contributed by atoms with Crippen molar-refractivity contribution in [1.82, 2.24) is 0 Å². The van der Waals surface area contributed by atoms with E-state index >= 15 is 0 Å². The second-order valence-electron chi connectivity index (χ2n) is 1.89. The van der Waals surface area contributed by atoms with Crippen LogP contribution in [0.3, 0.4) is 0 Å². The molecule has 0 saturated carbocycles. The van der Waals surface area contributed by atoms with Crippen LogP contribution in [0, 0.1) is 5.82 Å². The number of hydrogen-bond donors (Lipinski definition) is 0. The molecule has 0 heterocycles. The Balaban J connectivity index is 3.07. The monoisotopic (exact) mass is 158 g/mol. The lowest BCUT2D eigenvalue weighted by Crippen LogP contribution is -1.94. The number of hydrogen-bond acceptors (Lipinski definition) is 1. The van der Waals surface area contributed by atoms with Gasteiger partial charge in [-0.2, -0.15) is 0 Å². The van der Waals surface area contributed by atoms with Crippen LogP contribution in [0.4, 0.5) is 4.39 Å². The summed E-state index contributed by atoms with van der Waals surface area (Å²) in [6, 6.07) is 4.77. The number of rotatable bonds is 1. The summed E-state index contributed by atoms with van der Waals surface area (Å²) in [4.78, 5) is 0. The molecule has 0 aliphatic carbocycles. The van der Waals surface area contributed by atoms with E-state index in [0.717, 1.165) is 5.30 Å². The van der Waals surface area contributed by atoms with Gasteiger partial charge in [0, 0.05) is 0 Å². The fraction of sp³-hybridized carbons (Fsp3) is 0.143. The molecule has 0 bridgehead atoms. The summed E-state index contributed by atoms with van der Waals surface area (Å²) < 4.78 is 17.4. The topological polar surface area (TPSA) is 9.23 Å².